The highest BCUT2D eigenvalue weighted by atomic mass is 79.9. The molecule has 0 radical (unpaired) electrons. The van der Waals surface area contributed by atoms with Crippen LogP contribution in [0.2, 0.25) is 0 Å². The van der Waals surface area contributed by atoms with E-state index in [1.165, 1.54) is 19.2 Å². The van der Waals surface area contributed by atoms with Gasteiger partial charge in [-0.25, -0.2) is 4.39 Å². The van der Waals surface area contributed by atoms with E-state index in [0.29, 0.717) is 28.4 Å². The molecule has 2 rings (SSSR count). The summed E-state index contributed by atoms with van der Waals surface area (Å²) in [6.07, 6.45) is -0.927. The third kappa shape index (κ3) is 2.67. The second-order valence-electron chi connectivity index (χ2n) is 4.28. The normalized spacial score (nSPS) is 12.5. The van der Waals surface area contributed by atoms with Crippen LogP contribution in [0, 0.1) is 19.7 Å². The van der Waals surface area contributed by atoms with E-state index in [1.807, 2.05) is 0 Å². The quantitative estimate of drug-likeness (QED) is 0.929. The molecule has 1 atom stereocenters. The second kappa shape index (κ2) is 5.35. The van der Waals surface area contributed by atoms with Crippen LogP contribution in [0.5, 0.6) is 5.75 Å². The number of ether oxygens (including phenoxy) is 1. The number of furan rings is 1. The summed E-state index contributed by atoms with van der Waals surface area (Å²) in [7, 11) is 1.44. The monoisotopic (exact) mass is 328 g/mol. The van der Waals surface area contributed by atoms with Gasteiger partial charge < -0.3 is 14.3 Å². The molecule has 0 fully saturated rings. The maximum atomic E-state index is 13.5. The Kier molecular flexibility index (Phi) is 3.96. The van der Waals surface area contributed by atoms with Gasteiger partial charge in [0, 0.05) is 17.2 Å². The lowest BCUT2D eigenvalue weighted by atomic mass is 10.0. The Hall–Kier alpha value is -1.33. The standard InChI is InChI=1S/C14H14BrFO3/c1-7-4-9(8(2)19-7)14(17)10-5-11(15)12(16)6-13(10)18-3/h4-6,14,17H,1-3H3. The van der Waals surface area contributed by atoms with Gasteiger partial charge in [0.2, 0.25) is 0 Å². The van der Waals surface area contributed by atoms with Crippen molar-refractivity contribution in [2.75, 3.05) is 7.11 Å². The smallest absolute Gasteiger partial charge is 0.141 e. The fourth-order valence-corrected chi connectivity index (χ4v) is 2.39. The average molecular weight is 329 g/mol. The Balaban J connectivity index is 2.52. The molecule has 3 nitrogen and oxygen atoms in total. The van der Waals surface area contributed by atoms with Crippen LogP contribution in [0.4, 0.5) is 4.39 Å². The molecular formula is C14H14BrFO3. The summed E-state index contributed by atoms with van der Waals surface area (Å²) in [5, 5.41) is 10.4. The summed E-state index contributed by atoms with van der Waals surface area (Å²) in [5.74, 6) is 1.21. The molecule has 1 unspecified atom stereocenters. The molecule has 1 aromatic carbocycles. The highest BCUT2D eigenvalue weighted by Crippen LogP contribution is 2.35. The van der Waals surface area contributed by atoms with Crippen molar-refractivity contribution in [3.63, 3.8) is 0 Å². The van der Waals surface area contributed by atoms with Gasteiger partial charge >= 0.3 is 0 Å². The van der Waals surface area contributed by atoms with Crippen LogP contribution in [-0.4, -0.2) is 12.2 Å². The van der Waals surface area contributed by atoms with Gasteiger partial charge in [-0.3, -0.25) is 0 Å². The van der Waals surface area contributed by atoms with Gasteiger partial charge in [-0.2, -0.15) is 0 Å². The molecule has 19 heavy (non-hydrogen) atoms. The second-order valence-corrected chi connectivity index (χ2v) is 5.13. The zero-order chi connectivity index (χ0) is 14.2. The van der Waals surface area contributed by atoms with Crippen molar-refractivity contribution >= 4 is 15.9 Å². The summed E-state index contributed by atoms with van der Waals surface area (Å²) in [6, 6.07) is 4.52. The summed E-state index contributed by atoms with van der Waals surface area (Å²) >= 11 is 3.11. The first kappa shape index (κ1) is 14.1. The third-order valence-electron chi connectivity index (χ3n) is 2.94. The highest BCUT2D eigenvalue weighted by molar-refractivity contribution is 9.10. The van der Waals surface area contributed by atoms with Gasteiger partial charge in [0.25, 0.3) is 0 Å². The Bertz CT molecular complexity index is 607. The lowest BCUT2D eigenvalue weighted by molar-refractivity contribution is 0.212. The minimum atomic E-state index is -0.927. The van der Waals surface area contributed by atoms with Crippen LogP contribution in [-0.2, 0) is 0 Å². The molecule has 0 amide bonds. The zero-order valence-corrected chi connectivity index (χ0v) is 12.4. The lowest BCUT2D eigenvalue weighted by Gasteiger charge is -2.15. The average Bonchev–Trinajstić information content (AvgIpc) is 2.70. The van der Waals surface area contributed by atoms with E-state index < -0.39 is 11.9 Å². The molecule has 2 aromatic rings. The number of hydrogen-bond acceptors (Lipinski definition) is 3. The molecule has 0 aliphatic rings. The number of aliphatic hydroxyl groups is 1. The Morgan fingerprint density at radius 3 is 2.47 bits per heavy atom. The molecule has 0 spiro atoms. The summed E-state index contributed by atoms with van der Waals surface area (Å²) in [5.41, 5.74) is 1.13. The number of methoxy groups -OCH3 is 1. The van der Waals surface area contributed by atoms with Crippen LogP contribution in [0.3, 0.4) is 0 Å². The molecule has 1 aromatic heterocycles. The summed E-state index contributed by atoms with van der Waals surface area (Å²) in [4.78, 5) is 0. The predicted molar refractivity (Wildman–Crippen MR) is 72.9 cm³/mol. The van der Waals surface area contributed by atoms with Crippen molar-refractivity contribution in [3.05, 3.63) is 51.1 Å². The SMILES string of the molecule is COc1cc(F)c(Br)cc1C(O)c1cc(C)oc1C. The zero-order valence-electron chi connectivity index (χ0n) is 10.8. The molecule has 0 saturated heterocycles. The van der Waals surface area contributed by atoms with E-state index in [2.05, 4.69) is 15.9 Å². The first-order chi connectivity index (χ1) is 8.93. The molecule has 1 heterocycles. The summed E-state index contributed by atoms with van der Waals surface area (Å²) < 4.78 is 24.3. The molecule has 0 aliphatic heterocycles. The van der Waals surface area contributed by atoms with Crippen molar-refractivity contribution in [2.45, 2.75) is 20.0 Å². The largest absolute Gasteiger partial charge is 0.496 e. The van der Waals surface area contributed by atoms with Crippen molar-refractivity contribution < 1.29 is 18.7 Å². The number of halogens is 2. The number of hydrogen-bond donors (Lipinski definition) is 1. The van der Waals surface area contributed by atoms with Crippen molar-refractivity contribution in [1.82, 2.24) is 0 Å². The van der Waals surface area contributed by atoms with E-state index in [1.54, 1.807) is 19.9 Å². The number of aliphatic hydroxyl groups excluding tert-OH is 1. The number of rotatable bonds is 3. The maximum absolute atomic E-state index is 13.5. The minimum absolute atomic E-state index is 0.278. The van der Waals surface area contributed by atoms with Gasteiger partial charge in [0.1, 0.15) is 29.2 Å². The van der Waals surface area contributed by atoms with Crippen LogP contribution in [0.15, 0.2) is 27.1 Å². The lowest BCUT2D eigenvalue weighted by Crippen LogP contribution is -2.03. The van der Waals surface area contributed by atoms with Gasteiger partial charge in [0.15, 0.2) is 0 Å². The number of benzene rings is 1. The van der Waals surface area contributed by atoms with E-state index in [9.17, 15) is 9.50 Å². The van der Waals surface area contributed by atoms with Gasteiger partial charge in [-0.1, -0.05) is 0 Å². The van der Waals surface area contributed by atoms with Crippen LogP contribution >= 0.6 is 15.9 Å². The van der Waals surface area contributed by atoms with Crippen molar-refractivity contribution in [2.24, 2.45) is 0 Å². The summed E-state index contributed by atoms with van der Waals surface area (Å²) in [6.45, 7) is 3.58. The predicted octanol–water partition coefficient (Wildman–Crippen LogP) is 3.89. The van der Waals surface area contributed by atoms with Gasteiger partial charge in [-0.15, -0.1) is 0 Å². The molecule has 0 saturated carbocycles. The van der Waals surface area contributed by atoms with E-state index in [-0.39, 0.29) is 4.47 Å². The van der Waals surface area contributed by atoms with Crippen molar-refractivity contribution in [1.29, 1.82) is 0 Å². The van der Waals surface area contributed by atoms with Crippen LogP contribution in [0.25, 0.3) is 0 Å². The Morgan fingerprint density at radius 2 is 1.95 bits per heavy atom. The molecule has 102 valence electrons. The van der Waals surface area contributed by atoms with E-state index in [4.69, 9.17) is 9.15 Å². The van der Waals surface area contributed by atoms with E-state index in [0.717, 1.165) is 0 Å². The fourth-order valence-electron chi connectivity index (χ4n) is 2.02. The first-order valence-electron chi connectivity index (χ1n) is 5.72. The topological polar surface area (TPSA) is 42.6 Å². The Labute approximate surface area is 119 Å². The fraction of sp³-hybridized carbons (Fsp3) is 0.286. The first-order valence-corrected chi connectivity index (χ1v) is 6.51. The molecule has 1 N–H and O–H groups in total. The minimum Gasteiger partial charge on any atom is -0.496 e. The van der Waals surface area contributed by atoms with Crippen LogP contribution < -0.4 is 4.74 Å². The van der Waals surface area contributed by atoms with Gasteiger partial charge in [0.05, 0.1) is 11.6 Å². The molecular weight excluding hydrogens is 315 g/mol. The highest BCUT2D eigenvalue weighted by Gasteiger charge is 2.21. The molecule has 0 bridgehead atoms. The number of aryl methyl sites for hydroxylation is 2. The Morgan fingerprint density at radius 1 is 1.26 bits per heavy atom. The van der Waals surface area contributed by atoms with Crippen molar-refractivity contribution in [3.8, 4) is 5.75 Å². The van der Waals surface area contributed by atoms with E-state index >= 15 is 0 Å². The molecule has 0 aliphatic carbocycles. The maximum Gasteiger partial charge on any atom is 0.141 e. The third-order valence-corrected chi connectivity index (χ3v) is 3.55. The van der Waals surface area contributed by atoms with Gasteiger partial charge in [-0.05, 0) is 41.9 Å². The molecule has 5 heteroatoms. The van der Waals surface area contributed by atoms with Crippen LogP contribution in [0.1, 0.15) is 28.8 Å².